The Morgan fingerprint density at radius 3 is 2.21 bits per heavy atom. The largest absolute Gasteiger partial charge is 1.00 e. The maximum absolute atomic E-state index is 11.9. The SMILES string of the molecule is CCC/C=C/CC(=O)NCC[N+](CCO)(CCCC(=O)[O-])CCCC(=O)O.[K+]. The summed E-state index contributed by atoms with van der Waals surface area (Å²) in [4.78, 5) is 33.4. The molecule has 1 unspecified atom stereocenters. The summed E-state index contributed by atoms with van der Waals surface area (Å²) in [6.45, 7) is 4.25. The number of hydrogen-bond donors (Lipinski definition) is 3. The molecule has 156 valence electrons. The van der Waals surface area contributed by atoms with E-state index in [4.69, 9.17) is 5.11 Å². The van der Waals surface area contributed by atoms with Crippen molar-refractivity contribution in [1.82, 2.24) is 5.32 Å². The molecular formula is C19H34KN2O6+. The van der Waals surface area contributed by atoms with Crippen molar-refractivity contribution in [1.29, 1.82) is 0 Å². The van der Waals surface area contributed by atoms with Crippen LogP contribution >= 0.6 is 0 Å². The van der Waals surface area contributed by atoms with Crippen molar-refractivity contribution < 1.29 is 85.6 Å². The number of nitrogens with zero attached hydrogens (tertiary/aromatic N) is 1. The van der Waals surface area contributed by atoms with Gasteiger partial charge < -0.3 is 29.9 Å². The smallest absolute Gasteiger partial charge is 0.550 e. The molecule has 0 aliphatic carbocycles. The standard InChI is InChI=1S/C19H34N2O6.K/c1-2-3-4-5-8-17(23)20-11-14-21(15-16-22,12-6-9-18(24)25)13-7-10-19(26)27;/h4-5,22H,2-3,6-16H2,1H3,(H2-,20,23,24,25,26,27);/q;+1/b5-4+;. The van der Waals surface area contributed by atoms with Crippen molar-refractivity contribution in [2.24, 2.45) is 0 Å². The Balaban J connectivity index is 0. The Labute approximate surface area is 210 Å². The number of aliphatic carboxylic acids is 2. The zero-order valence-corrected chi connectivity index (χ0v) is 20.4. The maximum atomic E-state index is 11.9. The molecule has 0 radical (unpaired) electrons. The summed E-state index contributed by atoms with van der Waals surface area (Å²) in [6, 6.07) is 0. The number of rotatable bonds is 17. The number of nitrogens with one attached hydrogen (secondary N) is 1. The van der Waals surface area contributed by atoms with Gasteiger partial charge in [-0.2, -0.15) is 0 Å². The Bertz CT molecular complexity index is 465. The first-order valence-corrected chi connectivity index (χ1v) is 9.64. The van der Waals surface area contributed by atoms with Gasteiger partial charge in [-0.25, -0.2) is 0 Å². The molecule has 1 atom stereocenters. The molecule has 0 heterocycles. The summed E-state index contributed by atoms with van der Waals surface area (Å²) in [6.07, 6.45) is 6.81. The van der Waals surface area contributed by atoms with Crippen LogP contribution in [0.25, 0.3) is 0 Å². The number of carbonyl (C=O) groups is 3. The maximum Gasteiger partial charge on any atom is 1.00 e. The van der Waals surface area contributed by atoms with Crippen molar-refractivity contribution in [3.63, 3.8) is 0 Å². The molecule has 9 heteroatoms. The summed E-state index contributed by atoms with van der Waals surface area (Å²) >= 11 is 0. The van der Waals surface area contributed by atoms with Crippen LogP contribution in [-0.4, -0.2) is 71.9 Å². The van der Waals surface area contributed by atoms with Crippen molar-refractivity contribution in [3.8, 4) is 0 Å². The van der Waals surface area contributed by atoms with Crippen LogP contribution in [0.1, 0.15) is 51.9 Å². The average Bonchev–Trinajstić information content (AvgIpc) is 2.58. The van der Waals surface area contributed by atoms with Crippen molar-refractivity contribution in [2.45, 2.75) is 51.9 Å². The van der Waals surface area contributed by atoms with E-state index in [1.165, 1.54) is 0 Å². The van der Waals surface area contributed by atoms with Crippen LogP contribution in [0.3, 0.4) is 0 Å². The van der Waals surface area contributed by atoms with Crippen molar-refractivity contribution >= 4 is 17.8 Å². The summed E-state index contributed by atoms with van der Waals surface area (Å²) in [5.74, 6) is -2.11. The van der Waals surface area contributed by atoms with E-state index in [1.54, 1.807) is 0 Å². The van der Waals surface area contributed by atoms with Gasteiger partial charge in [0.1, 0.15) is 6.54 Å². The second-order valence-electron chi connectivity index (χ2n) is 6.75. The predicted octanol–water partition coefficient (Wildman–Crippen LogP) is -2.94. The molecule has 0 aromatic rings. The van der Waals surface area contributed by atoms with Crippen LogP contribution < -0.4 is 61.8 Å². The third-order valence-electron chi connectivity index (χ3n) is 4.44. The number of carboxylic acid groups (broad SMARTS) is 2. The van der Waals surface area contributed by atoms with Gasteiger partial charge in [0.2, 0.25) is 5.91 Å². The van der Waals surface area contributed by atoms with E-state index in [9.17, 15) is 24.6 Å². The summed E-state index contributed by atoms with van der Waals surface area (Å²) < 4.78 is 0.378. The number of quaternary nitrogens is 1. The Kier molecular flexibility index (Phi) is 20.0. The van der Waals surface area contributed by atoms with Crippen molar-refractivity contribution in [3.05, 3.63) is 12.2 Å². The Morgan fingerprint density at radius 1 is 1.04 bits per heavy atom. The Hall–Kier alpha value is -0.294. The van der Waals surface area contributed by atoms with Gasteiger partial charge >= 0.3 is 57.4 Å². The van der Waals surface area contributed by atoms with Gasteiger partial charge in [-0.3, -0.25) is 9.59 Å². The number of unbranched alkanes of at least 4 members (excludes halogenated alkanes) is 1. The van der Waals surface area contributed by atoms with Gasteiger partial charge in [-0.05, 0) is 12.8 Å². The molecule has 0 aliphatic rings. The Morgan fingerprint density at radius 2 is 1.68 bits per heavy atom. The van der Waals surface area contributed by atoms with E-state index in [-0.39, 0.29) is 76.7 Å². The van der Waals surface area contributed by atoms with Gasteiger partial charge in [0, 0.05) is 25.2 Å². The first-order chi connectivity index (χ1) is 12.8. The molecule has 0 aromatic carbocycles. The van der Waals surface area contributed by atoms with Crippen LogP contribution in [0.5, 0.6) is 0 Å². The van der Waals surface area contributed by atoms with Crippen LogP contribution in [0.2, 0.25) is 0 Å². The van der Waals surface area contributed by atoms with Crippen LogP contribution in [0, 0.1) is 0 Å². The number of amides is 1. The van der Waals surface area contributed by atoms with Crippen LogP contribution in [0.4, 0.5) is 0 Å². The zero-order valence-electron chi connectivity index (χ0n) is 17.3. The molecule has 1 amide bonds. The zero-order chi connectivity index (χ0) is 20.5. The molecule has 0 bridgehead atoms. The van der Waals surface area contributed by atoms with E-state index < -0.39 is 11.9 Å². The van der Waals surface area contributed by atoms with Gasteiger partial charge in [0.05, 0.1) is 39.2 Å². The molecule has 8 nitrogen and oxygen atoms in total. The van der Waals surface area contributed by atoms with Crippen molar-refractivity contribution in [2.75, 3.05) is 39.3 Å². The first kappa shape index (κ1) is 29.9. The van der Waals surface area contributed by atoms with Crippen LogP contribution in [0.15, 0.2) is 12.2 Å². The fraction of sp³-hybridized carbons (Fsp3) is 0.737. The van der Waals surface area contributed by atoms with Crippen LogP contribution in [-0.2, 0) is 14.4 Å². The number of aliphatic hydroxyl groups is 1. The fourth-order valence-electron chi connectivity index (χ4n) is 2.99. The number of carbonyl (C=O) groups excluding carboxylic acids is 2. The van der Waals surface area contributed by atoms with E-state index in [2.05, 4.69) is 12.2 Å². The number of aliphatic hydroxyl groups excluding tert-OH is 1. The summed E-state index contributed by atoms with van der Waals surface area (Å²) in [5, 5.41) is 31.8. The second-order valence-corrected chi connectivity index (χ2v) is 6.75. The summed E-state index contributed by atoms with van der Waals surface area (Å²) in [5.41, 5.74) is 0. The minimum absolute atomic E-state index is 0. The second kappa shape index (κ2) is 18.7. The summed E-state index contributed by atoms with van der Waals surface area (Å²) in [7, 11) is 0. The molecule has 0 rings (SSSR count). The fourth-order valence-corrected chi connectivity index (χ4v) is 2.99. The molecular weight excluding hydrogens is 391 g/mol. The number of allylic oxidation sites excluding steroid dienone is 1. The molecule has 0 aliphatic heterocycles. The average molecular weight is 426 g/mol. The molecule has 0 aromatic heterocycles. The normalized spacial score (nSPS) is 12.9. The van der Waals surface area contributed by atoms with Gasteiger partial charge in [-0.1, -0.05) is 25.5 Å². The quantitative estimate of drug-likeness (QED) is 0.130. The number of hydrogen-bond acceptors (Lipinski definition) is 5. The molecule has 28 heavy (non-hydrogen) atoms. The topological polar surface area (TPSA) is 127 Å². The van der Waals surface area contributed by atoms with E-state index in [0.29, 0.717) is 56.5 Å². The third-order valence-corrected chi connectivity index (χ3v) is 4.44. The molecule has 0 fully saturated rings. The van der Waals surface area contributed by atoms with E-state index in [1.807, 2.05) is 12.2 Å². The van der Waals surface area contributed by atoms with E-state index in [0.717, 1.165) is 12.8 Å². The van der Waals surface area contributed by atoms with Gasteiger partial charge in [-0.15, -0.1) is 0 Å². The molecule has 0 saturated heterocycles. The first-order valence-electron chi connectivity index (χ1n) is 9.64. The minimum atomic E-state index is -1.13. The molecule has 0 spiro atoms. The predicted molar refractivity (Wildman–Crippen MR) is 99.6 cm³/mol. The number of carboxylic acids is 2. The van der Waals surface area contributed by atoms with E-state index >= 15 is 0 Å². The monoisotopic (exact) mass is 425 g/mol. The minimum Gasteiger partial charge on any atom is -0.550 e. The van der Waals surface area contributed by atoms with Gasteiger partial charge in [0.15, 0.2) is 0 Å². The molecule has 0 saturated carbocycles. The van der Waals surface area contributed by atoms with Gasteiger partial charge in [0.25, 0.3) is 0 Å². The molecule has 3 N–H and O–H groups in total. The third kappa shape index (κ3) is 16.6.